The van der Waals surface area contributed by atoms with Gasteiger partial charge < -0.3 is 15.4 Å². The van der Waals surface area contributed by atoms with Crippen LogP contribution >= 0.6 is 0 Å². The number of anilines is 1. The van der Waals surface area contributed by atoms with E-state index in [0.717, 1.165) is 17.0 Å². The minimum Gasteiger partial charge on any atom is -0.489 e. The van der Waals surface area contributed by atoms with Crippen LogP contribution in [0.3, 0.4) is 0 Å². The van der Waals surface area contributed by atoms with Gasteiger partial charge in [-0.3, -0.25) is 4.79 Å². The van der Waals surface area contributed by atoms with Crippen molar-refractivity contribution in [1.82, 2.24) is 0 Å². The highest BCUT2D eigenvalue weighted by Gasteiger charge is 2.27. The molecule has 0 saturated carbocycles. The van der Waals surface area contributed by atoms with E-state index in [-0.39, 0.29) is 11.9 Å². The van der Waals surface area contributed by atoms with E-state index in [9.17, 15) is 4.79 Å². The third-order valence-electron chi connectivity index (χ3n) is 3.55. The first kappa shape index (κ1) is 13.6. The number of rotatable bonds is 4. The number of carbonyl (C=O) groups excluding carboxylic acids is 1. The molecule has 4 heteroatoms. The Morgan fingerprint density at radius 1 is 1.10 bits per heavy atom. The summed E-state index contributed by atoms with van der Waals surface area (Å²) in [5.41, 5.74) is 7.81. The highest BCUT2D eigenvalue weighted by Crippen LogP contribution is 2.24. The summed E-state index contributed by atoms with van der Waals surface area (Å²) in [4.78, 5) is 13.5. The average Bonchev–Trinajstić information content (AvgIpc) is 2.85. The molecule has 0 unspecified atom stereocenters. The first-order valence-electron chi connectivity index (χ1n) is 7.05. The van der Waals surface area contributed by atoms with Crippen LogP contribution in [0.25, 0.3) is 0 Å². The molecule has 1 heterocycles. The summed E-state index contributed by atoms with van der Waals surface area (Å²) in [6, 6.07) is 17.5. The molecule has 0 aliphatic carbocycles. The van der Waals surface area contributed by atoms with Crippen molar-refractivity contribution in [2.45, 2.75) is 19.1 Å². The van der Waals surface area contributed by atoms with Crippen molar-refractivity contribution >= 4 is 11.6 Å². The molecule has 0 aromatic heterocycles. The molecule has 2 aromatic carbocycles. The number of benzene rings is 2. The van der Waals surface area contributed by atoms with Gasteiger partial charge in [0.25, 0.3) is 0 Å². The average molecular weight is 282 g/mol. The normalized spacial score (nSPS) is 18.0. The Bertz CT molecular complexity index is 610. The minimum absolute atomic E-state index is 0.0634. The lowest BCUT2D eigenvalue weighted by atomic mass is 10.2. The molecule has 2 N–H and O–H groups in total. The summed E-state index contributed by atoms with van der Waals surface area (Å²) < 4.78 is 5.73. The molecule has 1 amide bonds. The lowest BCUT2D eigenvalue weighted by Crippen LogP contribution is -2.27. The van der Waals surface area contributed by atoms with E-state index in [1.54, 1.807) is 4.90 Å². The van der Waals surface area contributed by atoms with Crippen molar-refractivity contribution in [3.63, 3.8) is 0 Å². The van der Waals surface area contributed by atoms with Crippen molar-refractivity contribution < 1.29 is 9.53 Å². The first-order chi connectivity index (χ1) is 10.2. The third-order valence-corrected chi connectivity index (χ3v) is 3.55. The van der Waals surface area contributed by atoms with Gasteiger partial charge in [0.15, 0.2) is 0 Å². The number of amides is 1. The highest BCUT2D eigenvalue weighted by atomic mass is 16.5. The Morgan fingerprint density at radius 2 is 1.81 bits per heavy atom. The van der Waals surface area contributed by atoms with Gasteiger partial charge in [-0.05, 0) is 29.8 Å². The van der Waals surface area contributed by atoms with Crippen molar-refractivity contribution in [1.29, 1.82) is 0 Å². The van der Waals surface area contributed by atoms with Gasteiger partial charge in [0.2, 0.25) is 5.91 Å². The van der Waals surface area contributed by atoms with Gasteiger partial charge in [-0.15, -0.1) is 0 Å². The van der Waals surface area contributed by atoms with Gasteiger partial charge in [0.1, 0.15) is 12.4 Å². The van der Waals surface area contributed by atoms with E-state index in [0.29, 0.717) is 19.6 Å². The first-order valence-corrected chi connectivity index (χ1v) is 7.05. The molecule has 0 radical (unpaired) electrons. The maximum Gasteiger partial charge on any atom is 0.228 e. The van der Waals surface area contributed by atoms with Crippen LogP contribution in [0.5, 0.6) is 5.75 Å². The third kappa shape index (κ3) is 3.23. The Morgan fingerprint density at radius 3 is 2.43 bits per heavy atom. The molecule has 1 atom stereocenters. The second kappa shape index (κ2) is 5.97. The number of hydrogen-bond acceptors (Lipinski definition) is 3. The fourth-order valence-corrected chi connectivity index (χ4v) is 2.45. The zero-order valence-electron chi connectivity index (χ0n) is 11.7. The number of nitrogens with two attached hydrogens (primary N) is 1. The fourth-order valence-electron chi connectivity index (χ4n) is 2.45. The Kier molecular flexibility index (Phi) is 3.88. The van der Waals surface area contributed by atoms with Gasteiger partial charge in [0, 0.05) is 24.7 Å². The standard InChI is InChI=1S/C17H18N2O2/c18-14-10-17(20)19(11-14)15-6-8-16(9-7-15)21-12-13-4-2-1-3-5-13/h1-9,14H,10-12,18H2/t14-/m0/s1. The number of carbonyl (C=O) groups is 1. The maximum atomic E-state index is 11.8. The molecular formula is C17H18N2O2. The highest BCUT2D eigenvalue weighted by molar-refractivity contribution is 5.96. The van der Waals surface area contributed by atoms with Crippen molar-refractivity contribution in [3.8, 4) is 5.75 Å². The summed E-state index contributed by atoms with van der Waals surface area (Å²) in [5, 5.41) is 0. The zero-order chi connectivity index (χ0) is 14.7. The Hall–Kier alpha value is -2.33. The van der Waals surface area contributed by atoms with E-state index in [4.69, 9.17) is 10.5 Å². The lowest BCUT2D eigenvalue weighted by Gasteiger charge is -2.16. The molecular weight excluding hydrogens is 264 g/mol. The summed E-state index contributed by atoms with van der Waals surface area (Å²) in [7, 11) is 0. The minimum atomic E-state index is -0.0634. The molecule has 4 nitrogen and oxygen atoms in total. The molecule has 3 rings (SSSR count). The number of ether oxygens (including phenoxy) is 1. The van der Waals surface area contributed by atoms with Gasteiger partial charge in [-0.2, -0.15) is 0 Å². The quantitative estimate of drug-likeness (QED) is 0.936. The van der Waals surface area contributed by atoms with Crippen LogP contribution in [0.1, 0.15) is 12.0 Å². The van der Waals surface area contributed by atoms with Crippen molar-refractivity contribution in [2.24, 2.45) is 5.73 Å². The van der Waals surface area contributed by atoms with Crippen LogP contribution in [-0.2, 0) is 11.4 Å². The van der Waals surface area contributed by atoms with Crippen LogP contribution < -0.4 is 15.4 Å². The molecule has 0 bridgehead atoms. The molecule has 1 saturated heterocycles. The van der Waals surface area contributed by atoms with Crippen LogP contribution in [0.4, 0.5) is 5.69 Å². The number of hydrogen-bond donors (Lipinski definition) is 1. The molecule has 0 spiro atoms. The zero-order valence-corrected chi connectivity index (χ0v) is 11.7. The lowest BCUT2D eigenvalue weighted by molar-refractivity contribution is -0.117. The molecule has 1 aliphatic rings. The predicted molar refractivity (Wildman–Crippen MR) is 82.2 cm³/mol. The summed E-state index contributed by atoms with van der Waals surface area (Å²) >= 11 is 0. The van der Waals surface area contributed by atoms with E-state index in [1.165, 1.54) is 0 Å². The Balaban J connectivity index is 1.63. The molecule has 2 aromatic rings. The van der Waals surface area contributed by atoms with Crippen LogP contribution in [0.2, 0.25) is 0 Å². The van der Waals surface area contributed by atoms with Gasteiger partial charge in [-0.25, -0.2) is 0 Å². The second-order valence-electron chi connectivity index (χ2n) is 5.24. The molecule has 1 aliphatic heterocycles. The van der Waals surface area contributed by atoms with E-state index in [2.05, 4.69) is 0 Å². The van der Waals surface area contributed by atoms with Gasteiger partial charge >= 0.3 is 0 Å². The van der Waals surface area contributed by atoms with Crippen LogP contribution in [-0.4, -0.2) is 18.5 Å². The monoisotopic (exact) mass is 282 g/mol. The second-order valence-corrected chi connectivity index (χ2v) is 5.24. The van der Waals surface area contributed by atoms with Gasteiger partial charge in [-0.1, -0.05) is 30.3 Å². The Labute approximate surface area is 124 Å². The number of nitrogens with zero attached hydrogens (tertiary/aromatic N) is 1. The topological polar surface area (TPSA) is 55.6 Å². The summed E-state index contributed by atoms with van der Waals surface area (Å²) in [6.45, 7) is 1.12. The smallest absolute Gasteiger partial charge is 0.228 e. The fraction of sp³-hybridized carbons (Fsp3) is 0.235. The van der Waals surface area contributed by atoms with Crippen LogP contribution in [0, 0.1) is 0 Å². The molecule has 21 heavy (non-hydrogen) atoms. The van der Waals surface area contributed by atoms with Crippen LogP contribution in [0.15, 0.2) is 54.6 Å². The van der Waals surface area contributed by atoms with E-state index in [1.807, 2.05) is 54.6 Å². The largest absolute Gasteiger partial charge is 0.489 e. The summed E-state index contributed by atoms with van der Waals surface area (Å²) in [5.74, 6) is 0.874. The summed E-state index contributed by atoms with van der Waals surface area (Å²) in [6.07, 6.45) is 0.423. The molecule has 108 valence electrons. The van der Waals surface area contributed by atoms with Crippen molar-refractivity contribution in [3.05, 3.63) is 60.2 Å². The van der Waals surface area contributed by atoms with E-state index >= 15 is 0 Å². The van der Waals surface area contributed by atoms with Crippen molar-refractivity contribution in [2.75, 3.05) is 11.4 Å². The predicted octanol–water partition coefficient (Wildman–Crippen LogP) is 2.33. The van der Waals surface area contributed by atoms with E-state index < -0.39 is 0 Å². The molecule has 1 fully saturated rings. The SMILES string of the molecule is N[C@H]1CC(=O)N(c2ccc(OCc3ccccc3)cc2)C1. The van der Waals surface area contributed by atoms with Gasteiger partial charge in [0.05, 0.1) is 0 Å². The maximum absolute atomic E-state index is 11.8.